The number of rotatable bonds is 4. The van der Waals surface area contributed by atoms with Crippen LogP contribution in [0.15, 0.2) is 200 Å². The van der Waals surface area contributed by atoms with Crippen molar-refractivity contribution in [3.8, 4) is 27.3 Å². The summed E-state index contributed by atoms with van der Waals surface area (Å²) in [5.41, 5.74) is 11.3. The van der Waals surface area contributed by atoms with Gasteiger partial charge in [-0.15, -0.1) is 11.3 Å². The average molecular weight is 793 g/mol. The molecular formula is C58H36N2S. The lowest BCUT2D eigenvalue weighted by atomic mass is 9.94. The minimum Gasteiger partial charge on any atom is -0.309 e. The van der Waals surface area contributed by atoms with Crippen molar-refractivity contribution in [3.05, 3.63) is 205 Å². The van der Waals surface area contributed by atoms with E-state index in [-0.39, 0.29) is 0 Å². The Bertz CT molecular complexity index is 3990. The molecule has 4 heterocycles. The highest BCUT2D eigenvalue weighted by Crippen LogP contribution is 2.51. The van der Waals surface area contributed by atoms with E-state index in [1.165, 1.54) is 124 Å². The van der Waals surface area contributed by atoms with Gasteiger partial charge in [0.15, 0.2) is 0 Å². The number of hydrogen-bond donors (Lipinski definition) is 0. The van der Waals surface area contributed by atoms with Gasteiger partial charge < -0.3 is 8.97 Å². The van der Waals surface area contributed by atoms with Crippen molar-refractivity contribution in [2.24, 2.45) is 0 Å². The van der Waals surface area contributed by atoms with Crippen LogP contribution < -0.4 is 0 Å². The van der Waals surface area contributed by atoms with E-state index in [9.17, 15) is 0 Å². The average Bonchev–Trinajstić information content (AvgIpc) is 4.08. The zero-order valence-electron chi connectivity index (χ0n) is 33.1. The van der Waals surface area contributed by atoms with Gasteiger partial charge in [0.25, 0.3) is 0 Å². The van der Waals surface area contributed by atoms with Gasteiger partial charge in [-0.05, 0) is 97.9 Å². The third-order valence-electron chi connectivity index (χ3n) is 13.5. The second-order valence-corrected chi connectivity index (χ2v) is 17.8. The molecule has 0 saturated carbocycles. The molecule has 0 bridgehead atoms. The molecule has 61 heavy (non-hydrogen) atoms. The fourth-order valence-corrected chi connectivity index (χ4v) is 12.3. The van der Waals surface area contributed by atoms with Crippen LogP contribution in [0.5, 0.6) is 0 Å². The standard InChI is InChI=1S/C58H36N2S/c1-3-14-35(15-4-1)57-54-47-24-13-23-46-50-33-38(27-31-53(50)60(55(46)47)56(54)58(61-57)36-16-5-2-6-17-36)37-26-30-52-49(32-37)45-22-11-12-25-51(45)59(52)39-28-29-44-42-20-8-7-18-40(42)41-19-9-10-21-43(41)48(44)34-39/h1-14,16-35H,15H2. The number of allylic oxidation sites excluding steroid dienone is 4. The highest BCUT2D eigenvalue weighted by atomic mass is 32.1. The van der Waals surface area contributed by atoms with Gasteiger partial charge >= 0.3 is 0 Å². The molecule has 1 aliphatic rings. The van der Waals surface area contributed by atoms with Crippen LogP contribution in [0.1, 0.15) is 17.2 Å². The van der Waals surface area contributed by atoms with Crippen LogP contribution in [-0.2, 0) is 0 Å². The molecule has 1 aliphatic carbocycles. The van der Waals surface area contributed by atoms with Crippen molar-refractivity contribution in [1.82, 2.24) is 8.97 Å². The van der Waals surface area contributed by atoms with Gasteiger partial charge in [0, 0.05) is 48.8 Å². The van der Waals surface area contributed by atoms with Crippen molar-refractivity contribution < 1.29 is 0 Å². The molecule has 0 radical (unpaired) electrons. The Morgan fingerprint density at radius 3 is 1.75 bits per heavy atom. The molecule has 0 aliphatic heterocycles. The first kappa shape index (κ1) is 33.4. The first-order valence-electron chi connectivity index (χ1n) is 21.3. The van der Waals surface area contributed by atoms with Gasteiger partial charge in [-0.2, -0.15) is 0 Å². The smallest absolute Gasteiger partial charge is 0.0731 e. The summed E-state index contributed by atoms with van der Waals surface area (Å²) in [6.07, 6.45) is 10.1. The number of benzene rings is 9. The van der Waals surface area contributed by atoms with E-state index < -0.39 is 0 Å². The number of aromatic nitrogens is 2. The predicted octanol–water partition coefficient (Wildman–Crippen LogP) is 16.4. The van der Waals surface area contributed by atoms with Gasteiger partial charge in [-0.25, -0.2) is 0 Å². The molecular weight excluding hydrogens is 757 g/mol. The summed E-state index contributed by atoms with van der Waals surface area (Å²) < 4.78 is 5.04. The van der Waals surface area contributed by atoms with Gasteiger partial charge in [0.05, 0.1) is 32.5 Å². The monoisotopic (exact) mass is 792 g/mol. The van der Waals surface area contributed by atoms with Crippen molar-refractivity contribution in [2.45, 2.75) is 12.3 Å². The largest absolute Gasteiger partial charge is 0.309 e. The van der Waals surface area contributed by atoms with E-state index in [4.69, 9.17) is 0 Å². The Hall–Kier alpha value is -7.46. The number of fused-ring (bicyclic) bond motifs is 15. The molecule has 9 aromatic carbocycles. The molecule has 3 heteroatoms. The second-order valence-electron chi connectivity index (χ2n) is 16.7. The molecule has 0 fully saturated rings. The summed E-state index contributed by atoms with van der Waals surface area (Å²) in [5.74, 6) is 0.376. The zero-order valence-corrected chi connectivity index (χ0v) is 34.0. The van der Waals surface area contributed by atoms with E-state index in [0.717, 1.165) is 6.42 Å². The quantitative estimate of drug-likeness (QED) is 0.157. The first-order valence-corrected chi connectivity index (χ1v) is 22.1. The van der Waals surface area contributed by atoms with Crippen LogP contribution in [0, 0.1) is 0 Å². The normalized spacial score (nSPS) is 14.5. The summed E-state index contributed by atoms with van der Waals surface area (Å²) in [5, 5.41) is 15.6. The number of thiophene rings is 1. The number of para-hydroxylation sites is 2. The number of hydrogen-bond acceptors (Lipinski definition) is 1. The Morgan fingerprint density at radius 2 is 1.02 bits per heavy atom. The minimum atomic E-state index is 0.376. The highest BCUT2D eigenvalue weighted by Gasteiger charge is 2.27. The molecule has 0 N–H and O–H groups in total. The van der Waals surface area contributed by atoms with E-state index in [0.29, 0.717) is 5.92 Å². The molecule has 1 unspecified atom stereocenters. The Balaban J connectivity index is 0.964. The van der Waals surface area contributed by atoms with E-state index in [1.54, 1.807) is 0 Å². The maximum Gasteiger partial charge on any atom is 0.0731 e. The van der Waals surface area contributed by atoms with Crippen molar-refractivity contribution in [1.29, 1.82) is 0 Å². The van der Waals surface area contributed by atoms with Crippen molar-refractivity contribution in [2.75, 3.05) is 0 Å². The highest BCUT2D eigenvalue weighted by molar-refractivity contribution is 7.17. The van der Waals surface area contributed by atoms with Crippen LogP contribution in [-0.4, -0.2) is 8.97 Å². The number of nitrogens with zero attached hydrogens (tertiary/aromatic N) is 2. The topological polar surface area (TPSA) is 9.34 Å². The second kappa shape index (κ2) is 12.5. The summed E-state index contributed by atoms with van der Waals surface area (Å²) in [7, 11) is 0. The van der Waals surface area contributed by atoms with Gasteiger partial charge in [-0.1, -0.05) is 158 Å². The fraction of sp³-hybridized carbons (Fsp3) is 0.0345. The van der Waals surface area contributed by atoms with Crippen LogP contribution in [0.3, 0.4) is 0 Å². The van der Waals surface area contributed by atoms with Crippen LogP contribution in [0.4, 0.5) is 0 Å². The lowest BCUT2D eigenvalue weighted by molar-refractivity contribution is 0.880. The van der Waals surface area contributed by atoms with E-state index >= 15 is 0 Å². The molecule has 2 nitrogen and oxygen atoms in total. The molecule has 0 spiro atoms. The van der Waals surface area contributed by atoms with E-state index in [2.05, 4.69) is 209 Å². The maximum atomic E-state index is 2.58. The molecule has 0 saturated heterocycles. The third-order valence-corrected chi connectivity index (χ3v) is 14.9. The molecule has 14 rings (SSSR count). The van der Waals surface area contributed by atoms with Gasteiger partial charge in [-0.3, -0.25) is 0 Å². The fourth-order valence-electron chi connectivity index (χ4n) is 10.9. The SMILES string of the molecule is C1=CCC(c2sc(-c3ccccc3)c3c2c2cccc4c5cc(-c6ccc7c(c6)c6ccccc6n7-c6ccc7c8ccccc8c8ccccc8c7c6)ccc5n3c42)C=C1. The molecule has 0 amide bonds. The van der Waals surface area contributed by atoms with Crippen molar-refractivity contribution in [3.63, 3.8) is 0 Å². The lowest BCUT2D eigenvalue weighted by Crippen LogP contribution is -1.94. The van der Waals surface area contributed by atoms with Gasteiger partial charge in [0.2, 0.25) is 0 Å². The molecule has 1 atom stereocenters. The zero-order chi connectivity index (χ0) is 39.8. The Morgan fingerprint density at radius 1 is 0.410 bits per heavy atom. The van der Waals surface area contributed by atoms with Crippen LogP contribution in [0.2, 0.25) is 0 Å². The Kier molecular flexibility index (Phi) is 6.86. The molecule has 4 aromatic heterocycles. The minimum absolute atomic E-state index is 0.376. The van der Waals surface area contributed by atoms with Crippen molar-refractivity contribution >= 4 is 104 Å². The molecule has 13 aromatic rings. The summed E-state index contributed by atoms with van der Waals surface area (Å²) in [6, 6.07) is 65.7. The first-order chi connectivity index (χ1) is 30.3. The summed E-state index contributed by atoms with van der Waals surface area (Å²) in [6.45, 7) is 0. The van der Waals surface area contributed by atoms with Crippen LogP contribution >= 0.6 is 11.3 Å². The lowest BCUT2D eigenvalue weighted by Gasteiger charge is -2.14. The summed E-state index contributed by atoms with van der Waals surface area (Å²) >= 11 is 1.98. The summed E-state index contributed by atoms with van der Waals surface area (Å²) in [4.78, 5) is 2.82. The maximum absolute atomic E-state index is 2.58. The third kappa shape index (κ3) is 4.61. The van der Waals surface area contributed by atoms with Crippen LogP contribution in [0.25, 0.3) is 119 Å². The predicted molar refractivity (Wildman–Crippen MR) is 262 cm³/mol. The van der Waals surface area contributed by atoms with Gasteiger partial charge in [0.1, 0.15) is 0 Å². The van der Waals surface area contributed by atoms with E-state index in [1.807, 2.05) is 11.3 Å². The Labute approximate surface area is 355 Å². The molecule has 284 valence electrons.